The zero-order valence-corrected chi connectivity index (χ0v) is 16.1. The minimum Gasteiger partial charge on any atom is -0.338 e. The fourth-order valence-corrected chi connectivity index (χ4v) is 3.03. The molecule has 2 aromatic carbocycles. The maximum absolute atomic E-state index is 13.4. The van der Waals surface area contributed by atoms with Gasteiger partial charge in [0.25, 0.3) is 0 Å². The van der Waals surface area contributed by atoms with Crippen LogP contribution < -0.4 is 5.32 Å². The molecule has 0 saturated heterocycles. The molecule has 4 nitrogen and oxygen atoms in total. The Morgan fingerprint density at radius 3 is 2.46 bits per heavy atom. The first-order valence-electron chi connectivity index (χ1n) is 8.27. The molecule has 0 aliphatic heterocycles. The normalized spacial score (nSPS) is 11.3. The Hall–Kier alpha value is -2.77. The topological polar surface area (TPSA) is 53.6 Å². The second-order valence-corrected chi connectivity index (χ2v) is 6.17. The smallest absolute Gasteiger partial charge is 0.338 e. The van der Waals surface area contributed by atoms with Crippen LogP contribution in [0.2, 0.25) is 0 Å². The molecule has 0 aliphatic rings. The van der Waals surface area contributed by atoms with Crippen LogP contribution in [0, 0.1) is 6.92 Å². The van der Waals surface area contributed by atoms with E-state index in [-0.39, 0.29) is 29.8 Å². The fourth-order valence-electron chi connectivity index (χ4n) is 3.03. The van der Waals surface area contributed by atoms with Crippen LogP contribution >= 0.6 is 0 Å². The molecule has 2 aromatic heterocycles. The summed E-state index contributed by atoms with van der Waals surface area (Å²) >= 11 is 0. The van der Waals surface area contributed by atoms with E-state index >= 15 is 0 Å². The summed E-state index contributed by atoms with van der Waals surface area (Å²) in [4.78, 5) is 4.30. The average Bonchev–Trinajstić information content (AvgIpc) is 3.04. The van der Waals surface area contributed by atoms with Gasteiger partial charge in [-0.05, 0) is 37.3 Å². The van der Waals surface area contributed by atoms with Gasteiger partial charge in [-0.15, -0.1) is 0 Å². The monoisotopic (exact) mass is 419 g/mol. The molecule has 0 spiro atoms. The number of aromatic amines is 1. The zero-order valence-electron chi connectivity index (χ0n) is 14.7. The SMILES string of the molecule is Cc1cc(Nc2n[nH]c3ccccc23)cc(-c2ccccc2C(F)(F)F)n1.[V]. The number of hydrogen-bond acceptors (Lipinski definition) is 3. The number of para-hydroxylation sites is 1. The van der Waals surface area contributed by atoms with Crippen molar-refractivity contribution in [3.63, 3.8) is 0 Å². The molecule has 2 heterocycles. The number of nitrogens with one attached hydrogen (secondary N) is 2. The van der Waals surface area contributed by atoms with Crippen molar-refractivity contribution in [1.82, 2.24) is 15.2 Å². The van der Waals surface area contributed by atoms with Crippen molar-refractivity contribution in [3.05, 3.63) is 71.9 Å². The largest absolute Gasteiger partial charge is 0.417 e. The Labute approximate surface area is 171 Å². The van der Waals surface area contributed by atoms with Gasteiger partial charge in [-0.25, -0.2) is 0 Å². The molecule has 0 bridgehead atoms. The van der Waals surface area contributed by atoms with Gasteiger partial charge < -0.3 is 5.32 Å². The van der Waals surface area contributed by atoms with Gasteiger partial charge in [-0.2, -0.15) is 18.3 Å². The van der Waals surface area contributed by atoms with E-state index in [1.165, 1.54) is 12.1 Å². The number of hydrogen-bond donors (Lipinski definition) is 2. The first-order valence-corrected chi connectivity index (χ1v) is 8.27. The number of aryl methyl sites for hydroxylation is 1. The van der Waals surface area contributed by atoms with E-state index in [2.05, 4.69) is 20.5 Å². The van der Waals surface area contributed by atoms with E-state index in [0.717, 1.165) is 17.0 Å². The number of aromatic nitrogens is 3. The molecule has 4 aromatic rings. The first-order chi connectivity index (χ1) is 12.9. The summed E-state index contributed by atoms with van der Waals surface area (Å²) in [5.41, 5.74) is 1.68. The Kier molecular flexibility index (Phi) is 5.49. The van der Waals surface area contributed by atoms with Crippen molar-refractivity contribution >= 4 is 22.4 Å². The second-order valence-electron chi connectivity index (χ2n) is 6.17. The Bertz CT molecular complexity index is 1120. The van der Waals surface area contributed by atoms with Crippen molar-refractivity contribution in [2.24, 2.45) is 0 Å². The number of alkyl halides is 3. The molecular formula is C20H15F3N4V. The fraction of sp³-hybridized carbons (Fsp3) is 0.100. The molecular weight excluding hydrogens is 404 g/mol. The van der Waals surface area contributed by atoms with Gasteiger partial charge in [0, 0.05) is 40.9 Å². The molecule has 8 heteroatoms. The number of pyridine rings is 1. The number of halogens is 3. The third kappa shape index (κ3) is 3.91. The number of nitrogens with zero attached hydrogens (tertiary/aromatic N) is 2. The minimum absolute atomic E-state index is 0. The minimum atomic E-state index is -4.45. The van der Waals surface area contributed by atoms with Gasteiger partial charge in [-0.3, -0.25) is 10.1 Å². The summed E-state index contributed by atoms with van der Waals surface area (Å²) < 4.78 is 40.1. The van der Waals surface area contributed by atoms with Crippen LogP contribution in [0.1, 0.15) is 11.3 Å². The van der Waals surface area contributed by atoms with Crippen LogP contribution in [0.15, 0.2) is 60.7 Å². The summed E-state index contributed by atoms with van der Waals surface area (Å²) in [6.07, 6.45) is -4.45. The summed E-state index contributed by atoms with van der Waals surface area (Å²) in [6, 6.07) is 16.4. The summed E-state index contributed by atoms with van der Waals surface area (Å²) in [5, 5.41) is 11.2. The maximum Gasteiger partial charge on any atom is 0.417 e. The van der Waals surface area contributed by atoms with Gasteiger partial charge in [-0.1, -0.05) is 30.3 Å². The quantitative estimate of drug-likeness (QED) is 0.448. The van der Waals surface area contributed by atoms with Gasteiger partial charge >= 0.3 is 6.18 Å². The molecule has 0 saturated carbocycles. The molecule has 1 radical (unpaired) electrons. The summed E-state index contributed by atoms with van der Waals surface area (Å²) in [5.74, 6) is 0.603. The first kappa shape index (κ1) is 20.0. The second kappa shape index (κ2) is 7.69. The van der Waals surface area contributed by atoms with E-state index in [1.807, 2.05) is 24.3 Å². The standard InChI is InChI=1S/C20H15F3N4.V/c1-12-10-13(25-19-15-7-3-5-9-17(15)26-27-19)11-18(24-12)14-6-2-4-8-16(14)20(21,22)23;/h2-11H,1H3,(H2,24,25,26,27);. The Morgan fingerprint density at radius 1 is 0.964 bits per heavy atom. The third-order valence-corrected chi connectivity index (χ3v) is 4.19. The van der Waals surface area contributed by atoms with Crippen molar-refractivity contribution in [2.75, 3.05) is 5.32 Å². The molecule has 0 amide bonds. The van der Waals surface area contributed by atoms with Crippen LogP contribution in [0.25, 0.3) is 22.2 Å². The number of fused-ring (bicyclic) bond motifs is 1. The van der Waals surface area contributed by atoms with E-state index < -0.39 is 11.7 Å². The van der Waals surface area contributed by atoms with Crippen molar-refractivity contribution in [2.45, 2.75) is 13.1 Å². The molecule has 0 fully saturated rings. The molecule has 0 aliphatic carbocycles. The van der Waals surface area contributed by atoms with E-state index in [1.54, 1.807) is 25.1 Å². The molecule has 0 unspecified atom stereocenters. The number of benzene rings is 2. The molecule has 2 N–H and O–H groups in total. The molecule has 28 heavy (non-hydrogen) atoms. The van der Waals surface area contributed by atoms with Gasteiger partial charge in [0.2, 0.25) is 0 Å². The summed E-state index contributed by atoms with van der Waals surface area (Å²) in [6.45, 7) is 1.74. The van der Waals surface area contributed by atoms with Crippen LogP contribution in [0.4, 0.5) is 24.7 Å². The molecule has 0 atom stereocenters. The van der Waals surface area contributed by atoms with Gasteiger partial charge in [0.15, 0.2) is 5.82 Å². The van der Waals surface area contributed by atoms with Crippen LogP contribution in [0.5, 0.6) is 0 Å². The van der Waals surface area contributed by atoms with E-state index in [0.29, 0.717) is 17.2 Å². The van der Waals surface area contributed by atoms with Crippen molar-refractivity contribution < 1.29 is 31.7 Å². The predicted molar refractivity (Wildman–Crippen MR) is 98.8 cm³/mol. The number of anilines is 2. The number of rotatable bonds is 3. The molecule has 141 valence electrons. The van der Waals surface area contributed by atoms with Crippen molar-refractivity contribution in [1.29, 1.82) is 0 Å². The van der Waals surface area contributed by atoms with Crippen molar-refractivity contribution in [3.8, 4) is 11.3 Å². The van der Waals surface area contributed by atoms with E-state index in [4.69, 9.17) is 0 Å². The van der Waals surface area contributed by atoms with Gasteiger partial charge in [0.05, 0.1) is 16.8 Å². The maximum atomic E-state index is 13.4. The third-order valence-electron chi connectivity index (χ3n) is 4.19. The predicted octanol–water partition coefficient (Wildman–Crippen LogP) is 5.69. The van der Waals surface area contributed by atoms with Crippen LogP contribution in [0.3, 0.4) is 0 Å². The Morgan fingerprint density at radius 2 is 1.68 bits per heavy atom. The Balaban J connectivity index is 0.00000225. The van der Waals surface area contributed by atoms with E-state index in [9.17, 15) is 13.2 Å². The average molecular weight is 419 g/mol. The van der Waals surface area contributed by atoms with Crippen LogP contribution in [-0.4, -0.2) is 15.2 Å². The zero-order chi connectivity index (χ0) is 19.0. The molecule has 4 rings (SSSR count). The van der Waals surface area contributed by atoms with Crippen LogP contribution in [-0.2, 0) is 24.7 Å². The van der Waals surface area contributed by atoms with Gasteiger partial charge in [0.1, 0.15) is 0 Å². The number of H-pyrrole nitrogens is 1. The summed E-state index contributed by atoms with van der Waals surface area (Å²) in [7, 11) is 0.